The molecule has 0 aliphatic carbocycles. The summed E-state index contributed by atoms with van der Waals surface area (Å²) in [4.78, 5) is 12.7. The third-order valence-electron chi connectivity index (χ3n) is 4.46. The number of phenols is 1. The number of allylic oxidation sites excluding steroid dienone is 1. The fourth-order valence-corrected chi connectivity index (χ4v) is 2.94. The maximum absolute atomic E-state index is 12.7. The molecule has 140 valence electrons. The quantitative estimate of drug-likeness (QED) is 0.428. The van der Waals surface area contributed by atoms with E-state index >= 15 is 0 Å². The number of aromatic hydroxyl groups is 1. The zero-order valence-electron chi connectivity index (χ0n) is 16.9. The van der Waals surface area contributed by atoms with Crippen molar-refractivity contribution < 1.29 is 9.90 Å². The van der Waals surface area contributed by atoms with Gasteiger partial charge in [-0.3, -0.25) is 4.79 Å². The molecule has 3 nitrogen and oxygen atoms in total. The number of benzene rings is 2. The largest absolute Gasteiger partial charge is 0.507 e. The van der Waals surface area contributed by atoms with E-state index in [9.17, 15) is 15.2 Å². The SMILES string of the molecule is CC(C)(C)c1cc(/C=C(/C#N)C(=O)c2ccccc2)cc(C(C)(C)C)c1O. The van der Waals surface area contributed by atoms with E-state index in [2.05, 4.69) is 0 Å². The molecule has 2 rings (SSSR count). The number of hydrogen-bond donors (Lipinski definition) is 1. The molecule has 0 spiro atoms. The molecule has 27 heavy (non-hydrogen) atoms. The highest BCUT2D eigenvalue weighted by atomic mass is 16.3. The maximum atomic E-state index is 12.7. The Balaban J connectivity index is 2.65. The molecule has 0 bridgehead atoms. The Morgan fingerprint density at radius 1 is 0.963 bits per heavy atom. The van der Waals surface area contributed by atoms with Gasteiger partial charge in [0.15, 0.2) is 0 Å². The molecule has 1 N–H and O–H groups in total. The van der Waals surface area contributed by atoms with Crippen molar-refractivity contribution in [2.24, 2.45) is 0 Å². The van der Waals surface area contributed by atoms with Crippen molar-refractivity contribution in [2.45, 2.75) is 52.4 Å². The average molecular weight is 361 g/mol. The third-order valence-corrected chi connectivity index (χ3v) is 4.46. The number of rotatable bonds is 3. The van der Waals surface area contributed by atoms with Crippen LogP contribution in [0.3, 0.4) is 0 Å². The fraction of sp³-hybridized carbons (Fsp3) is 0.333. The normalized spacial score (nSPS) is 12.6. The van der Waals surface area contributed by atoms with Crippen LogP contribution >= 0.6 is 0 Å². The lowest BCUT2D eigenvalue weighted by Gasteiger charge is -2.28. The molecule has 0 atom stereocenters. The first-order valence-corrected chi connectivity index (χ1v) is 9.04. The van der Waals surface area contributed by atoms with Crippen LogP contribution < -0.4 is 0 Å². The van der Waals surface area contributed by atoms with Gasteiger partial charge in [-0.05, 0) is 34.6 Å². The van der Waals surface area contributed by atoms with Crippen LogP contribution in [0, 0.1) is 11.3 Å². The first-order valence-electron chi connectivity index (χ1n) is 9.04. The second kappa shape index (κ2) is 7.40. The van der Waals surface area contributed by atoms with E-state index in [-0.39, 0.29) is 27.9 Å². The van der Waals surface area contributed by atoms with Crippen molar-refractivity contribution in [1.29, 1.82) is 5.26 Å². The minimum absolute atomic E-state index is 0.0756. The van der Waals surface area contributed by atoms with E-state index < -0.39 is 0 Å². The van der Waals surface area contributed by atoms with Crippen molar-refractivity contribution in [3.63, 3.8) is 0 Å². The maximum Gasteiger partial charge on any atom is 0.203 e. The Morgan fingerprint density at radius 2 is 1.44 bits per heavy atom. The Hall–Kier alpha value is -2.86. The van der Waals surface area contributed by atoms with Crippen molar-refractivity contribution in [3.05, 3.63) is 70.3 Å². The van der Waals surface area contributed by atoms with Crippen LogP contribution in [0.2, 0.25) is 0 Å². The molecule has 0 saturated carbocycles. The van der Waals surface area contributed by atoms with Crippen molar-refractivity contribution >= 4 is 11.9 Å². The van der Waals surface area contributed by atoms with Gasteiger partial charge in [0.05, 0.1) is 0 Å². The highest BCUT2D eigenvalue weighted by Crippen LogP contribution is 2.40. The second-order valence-corrected chi connectivity index (χ2v) is 8.83. The molecule has 0 aromatic heterocycles. The molecule has 0 amide bonds. The standard InChI is InChI=1S/C24H27NO2/c1-23(2,3)19-13-16(14-20(22(19)27)24(4,5)6)12-18(15-25)21(26)17-10-8-7-9-11-17/h7-14,27H,1-6H3/b18-12-. The number of hydrogen-bond acceptors (Lipinski definition) is 3. The lowest BCUT2D eigenvalue weighted by molar-refractivity contribution is 0.104. The number of phenolic OH excluding ortho intramolecular Hbond substituents is 1. The Labute approximate surface area is 162 Å². The van der Waals surface area contributed by atoms with Crippen molar-refractivity contribution in [2.75, 3.05) is 0 Å². The van der Waals surface area contributed by atoms with E-state index in [1.807, 2.05) is 65.8 Å². The summed E-state index contributed by atoms with van der Waals surface area (Å²) in [6.45, 7) is 12.2. The summed E-state index contributed by atoms with van der Waals surface area (Å²) in [6, 6.07) is 14.5. The van der Waals surface area contributed by atoms with Gasteiger partial charge in [0.1, 0.15) is 17.4 Å². The summed E-state index contributed by atoms with van der Waals surface area (Å²) >= 11 is 0. The van der Waals surface area contributed by atoms with Gasteiger partial charge in [0.25, 0.3) is 0 Å². The van der Waals surface area contributed by atoms with Gasteiger partial charge in [-0.1, -0.05) is 71.9 Å². The summed E-state index contributed by atoms with van der Waals surface area (Å²) in [5.74, 6) is -0.0270. The van der Waals surface area contributed by atoms with Crippen LogP contribution in [-0.4, -0.2) is 10.9 Å². The van der Waals surface area contributed by atoms with Crippen molar-refractivity contribution in [3.8, 4) is 11.8 Å². The van der Waals surface area contributed by atoms with Gasteiger partial charge in [0.2, 0.25) is 5.78 Å². The summed E-state index contributed by atoms with van der Waals surface area (Å²) in [7, 11) is 0. The Morgan fingerprint density at radius 3 is 1.85 bits per heavy atom. The number of carbonyl (C=O) groups is 1. The van der Waals surface area contributed by atoms with Gasteiger partial charge in [-0.2, -0.15) is 5.26 Å². The first kappa shape index (κ1) is 20.5. The van der Waals surface area contributed by atoms with E-state index in [4.69, 9.17) is 0 Å². The van der Waals surface area contributed by atoms with Crippen LogP contribution in [0.25, 0.3) is 6.08 Å². The highest BCUT2D eigenvalue weighted by Gasteiger charge is 2.26. The van der Waals surface area contributed by atoms with Crippen LogP contribution in [0.4, 0.5) is 0 Å². The van der Waals surface area contributed by atoms with Gasteiger partial charge in [-0.25, -0.2) is 0 Å². The molecular weight excluding hydrogens is 334 g/mol. The minimum atomic E-state index is -0.305. The molecule has 2 aromatic rings. The van der Waals surface area contributed by atoms with E-state index in [0.29, 0.717) is 5.56 Å². The third kappa shape index (κ3) is 4.65. The first-order chi connectivity index (χ1) is 12.4. The van der Waals surface area contributed by atoms with Crippen LogP contribution in [0.5, 0.6) is 5.75 Å². The number of nitriles is 1. The molecule has 2 aromatic carbocycles. The lowest BCUT2D eigenvalue weighted by Crippen LogP contribution is -2.17. The van der Waals surface area contributed by atoms with Crippen LogP contribution in [0.1, 0.15) is 68.6 Å². The zero-order valence-corrected chi connectivity index (χ0v) is 16.9. The highest BCUT2D eigenvalue weighted by molar-refractivity contribution is 6.14. The van der Waals surface area contributed by atoms with Crippen LogP contribution in [-0.2, 0) is 10.8 Å². The summed E-state index contributed by atoms with van der Waals surface area (Å²) < 4.78 is 0. The molecule has 0 fully saturated rings. The predicted molar refractivity (Wildman–Crippen MR) is 110 cm³/mol. The monoisotopic (exact) mass is 361 g/mol. The second-order valence-electron chi connectivity index (χ2n) is 8.83. The fourth-order valence-electron chi connectivity index (χ4n) is 2.94. The molecule has 0 heterocycles. The Bertz CT molecular complexity index is 883. The van der Waals surface area contributed by atoms with Gasteiger partial charge in [-0.15, -0.1) is 0 Å². The molecular formula is C24H27NO2. The minimum Gasteiger partial charge on any atom is -0.507 e. The van der Waals surface area contributed by atoms with Gasteiger partial charge < -0.3 is 5.11 Å². The lowest BCUT2D eigenvalue weighted by atomic mass is 9.78. The molecule has 0 aliphatic heterocycles. The summed E-state index contributed by atoms with van der Waals surface area (Å²) in [5, 5.41) is 20.4. The molecule has 0 saturated heterocycles. The molecule has 3 heteroatoms. The zero-order chi connectivity index (χ0) is 20.4. The topological polar surface area (TPSA) is 61.1 Å². The van der Waals surface area contributed by atoms with Crippen LogP contribution in [0.15, 0.2) is 48.0 Å². The van der Waals surface area contributed by atoms with Gasteiger partial charge >= 0.3 is 0 Å². The summed E-state index contributed by atoms with van der Waals surface area (Å²) in [6.07, 6.45) is 1.61. The molecule has 0 radical (unpaired) electrons. The predicted octanol–water partition coefficient (Wildman–Crippen LogP) is 5.78. The Kier molecular flexibility index (Phi) is 5.61. The van der Waals surface area contributed by atoms with E-state index in [1.54, 1.807) is 30.3 Å². The molecule has 0 aliphatic rings. The number of nitrogens with zero attached hydrogens (tertiary/aromatic N) is 1. The smallest absolute Gasteiger partial charge is 0.203 e. The van der Waals surface area contributed by atoms with E-state index in [0.717, 1.165) is 16.7 Å². The summed E-state index contributed by atoms with van der Waals surface area (Å²) in [5.41, 5.74) is 2.34. The van der Waals surface area contributed by atoms with Gasteiger partial charge in [0, 0.05) is 16.7 Å². The number of carbonyl (C=O) groups excluding carboxylic acids is 1. The molecule has 0 unspecified atom stereocenters. The number of ketones is 1. The number of Topliss-reactive ketones (excluding diaryl/α,β-unsaturated/α-hetero) is 1. The van der Waals surface area contributed by atoms with Crippen molar-refractivity contribution in [1.82, 2.24) is 0 Å². The average Bonchev–Trinajstić information content (AvgIpc) is 2.59. The van der Waals surface area contributed by atoms with E-state index in [1.165, 1.54) is 0 Å².